The first-order valence-corrected chi connectivity index (χ1v) is 12.5. The van der Waals surface area contributed by atoms with E-state index in [0.29, 0.717) is 17.3 Å². The number of amides is 1. The molecule has 3 N–H and O–H groups in total. The molecule has 0 saturated heterocycles. The molecule has 0 saturated carbocycles. The van der Waals surface area contributed by atoms with Gasteiger partial charge in [-0.15, -0.1) is 0 Å². The van der Waals surface area contributed by atoms with Gasteiger partial charge in [-0.2, -0.15) is 0 Å². The molecule has 8 heteroatoms. The number of rotatable bonds is 9. The Balaban J connectivity index is 1.55. The molecule has 0 fully saturated rings. The zero-order valence-corrected chi connectivity index (χ0v) is 21.7. The van der Waals surface area contributed by atoms with Gasteiger partial charge in [-0.3, -0.25) is 25.6 Å². The molecule has 0 spiro atoms. The average molecular weight is 496 g/mol. The lowest BCUT2D eigenvalue weighted by Crippen LogP contribution is -2.37. The number of anilines is 1. The average Bonchev–Trinajstić information content (AvgIpc) is 3.33. The first-order chi connectivity index (χ1) is 17.8. The van der Waals surface area contributed by atoms with E-state index in [1.807, 2.05) is 37.5 Å². The quantitative estimate of drug-likeness (QED) is 0.185. The Bertz CT molecular complexity index is 1440. The summed E-state index contributed by atoms with van der Waals surface area (Å²) < 4.78 is 2.17. The summed E-state index contributed by atoms with van der Waals surface area (Å²) in [5, 5.41) is 19.3. The highest BCUT2D eigenvalue weighted by Crippen LogP contribution is 2.26. The Hall–Kier alpha value is -4.33. The summed E-state index contributed by atoms with van der Waals surface area (Å²) in [6.07, 6.45) is 8.51. The predicted octanol–water partition coefficient (Wildman–Crippen LogP) is 6.35. The van der Waals surface area contributed by atoms with Gasteiger partial charge in [-0.25, -0.2) is 0 Å². The molecular weight excluding hydrogens is 462 g/mol. The Labute approximate surface area is 217 Å². The van der Waals surface area contributed by atoms with Crippen molar-refractivity contribution in [3.05, 3.63) is 78.4 Å². The third kappa shape index (κ3) is 5.58. The molecule has 1 amide bonds. The van der Waals surface area contributed by atoms with Gasteiger partial charge >= 0.3 is 0 Å². The Morgan fingerprint density at radius 2 is 1.92 bits per heavy atom. The van der Waals surface area contributed by atoms with Crippen molar-refractivity contribution in [1.82, 2.24) is 19.4 Å². The van der Waals surface area contributed by atoms with Gasteiger partial charge in [0.15, 0.2) is 0 Å². The zero-order valence-electron chi connectivity index (χ0n) is 21.7. The van der Waals surface area contributed by atoms with Crippen molar-refractivity contribution >= 4 is 34.8 Å². The molecule has 0 radical (unpaired) electrons. The summed E-state index contributed by atoms with van der Waals surface area (Å²) in [6.45, 7) is 8.35. The number of carbonyl (C=O) groups is 1. The topological polar surface area (TPSA) is 111 Å². The number of pyridine rings is 2. The number of amidine groups is 1. The number of nitrogens with one attached hydrogen (secondary N) is 3. The van der Waals surface area contributed by atoms with Crippen molar-refractivity contribution in [3.8, 4) is 11.1 Å². The lowest BCUT2D eigenvalue weighted by Gasteiger charge is -2.27. The molecule has 1 aromatic carbocycles. The lowest BCUT2D eigenvalue weighted by molar-refractivity contribution is 0.102. The second kappa shape index (κ2) is 11.2. The minimum Gasteiger partial charge on any atom is -0.344 e. The standard InChI is InChI=1S/C29H33N7O/c1-5-7-20(4)36(18-30)28(31)22-8-6-9-24(14-22)34-29(37)26-15-21(10-12-32-26)23-16-27-25(33-17-23)11-13-35(27)19(2)3/h6,8-20,30-31H,5,7H2,1-4H3,(H,34,37). The van der Waals surface area contributed by atoms with Gasteiger partial charge in [-0.1, -0.05) is 25.5 Å². The molecule has 190 valence electrons. The SMILES string of the molecule is CCCC(C)N(C=N)C(=N)c1cccc(NC(=O)c2cc(-c3cnc4ccn(C(C)C)c4c3)ccn2)c1. The van der Waals surface area contributed by atoms with Crippen molar-refractivity contribution in [3.63, 3.8) is 0 Å². The van der Waals surface area contributed by atoms with Crippen molar-refractivity contribution in [1.29, 1.82) is 10.8 Å². The zero-order chi connectivity index (χ0) is 26.5. The monoisotopic (exact) mass is 495 g/mol. The number of carbonyl (C=O) groups excluding carboxylic acids is 1. The largest absolute Gasteiger partial charge is 0.344 e. The van der Waals surface area contributed by atoms with Crippen LogP contribution < -0.4 is 5.32 Å². The van der Waals surface area contributed by atoms with Crippen molar-refractivity contribution < 1.29 is 4.79 Å². The van der Waals surface area contributed by atoms with Gasteiger partial charge in [0.2, 0.25) is 0 Å². The van der Waals surface area contributed by atoms with Crippen LogP contribution in [0.4, 0.5) is 5.69 Å². The fourth-order valence-electron chi connectivity index (χ4n) is 4.43. The fraction of sp³-hybridized carbons (Fsp3) is 0.276. The maximum atomic E-state index is 13.1. The molecule has 8 nitrogen and oxygen atoms in total. The van der Waals surface area contributed by atoms with Crippen molar-refractivity contribution in [2.45, 2.75) is 52.6 Å². The summed E-state index contributed by atoms with van der Waals surface area (Å²) in [5.74, 6) is -0.116. The first kappa shape index (κ1) is 25.8. The van der Waals surface area contributed by atoms with Gasteiger partial charge in [-0.05, 0) is 69.2 Å². The summed E-state index contributed by atoms with van der Waals surface area (Å²) in [5.41, 5.74) is 5.21. The number of hydrogen-bond donors (Lipinski definition) is 3. The Morgan fingerprint density at radius 1 is 1.11 bits per heavy atom. The molecule has 4 rings (SSSR count). The van der Waals surface area contributed by atoms with Crippen LogP contribution in [0.3, 0.4) is 0 Å². The Morgan fingerprint density at radius 3 is 2.65 bits per heavy atom. The van der Waals surface area contributed by atoms with E-state index in [1.165, 1.54) is 6.34 Å². The molecule has 37 heavy (non-hydrogen) atoms. The van der Waals surface area contributed by atoms with Crippen LogP contribution in [0.15, 0.2) is 67.1 Å². The van der Waals surface area contributed by atoms with Crippen LogP contribution in [0.2, 0.25) is 0 Å². The van der Waals surface area contributed by atoms with Crippen LogP contribution in [-0.4, -0.2) is 43.6 Å². The molecule has 3 aromatic heterocycles. The molecule has 0 aliphatic carbocycles. The van der Waals surface area contributed by atoms with Crippen LogP contribution in [0.25, 0.3) is 22.2 Å². The van der Waals surface area contributed by atoms with Crippen LogP contribution in [0.1, 0.15) is 62.6 Å². The van der Waals surface area contributed by atoms with Gasteiger partial charge in [0.05, 0.1) is 17.4 Å². The van der Waals surface area contributed by atoms with E-state index in [-0.39, 0.29) is 23.5 Å². The van der Waals surface area contributed by atoms with Crippen molar-refractivity contribution in [2.75, 3.05) is 5.32 Å². The van der Waals surface area contributed by atoms with Gasteiger partial charge < -0.3 is 14.8 Å². The molecule has 0 bridgehead atoms. The molecule has 3 heterocycles. The van der Waals surface area contributed by atoms with E-state index in [9.17, 15) is 4.79 Å². The minimum atomic E-state index is -0.339. The highest BCUT2D eigenvalue weighted by Gasteiger charge is 2.17. The normalized spacial score (nSPS) is 11.9. The summed E-state index contributed by atoms with van der Waals surface area (Å²) in [6, 6.07) is 15.2. The Kier molecular flexibility index (Phi) is 7.77. The second-order valence-electron chi connectivity index (χ2n) is 9.43. The van der Waals surface area contributed by atoms with E-state index in [0.717, 1.165) is 35.0 Å². The van der Waals surface area contributed by atoms with E-state index < -0.39 is 0 Å². The van der Waals surface area contributed by atoms with Crippen molar-refractivity contribution in [2.24, 2.45) is 0 Å². The number of benzene rings is 1. The summed E-state index contributed by atoms with van der Waals surface area (Å²) >= 11 is 0. The summed E-state index contributed by atoms with van der Waals surface area (Å²) in [7, 11) is 0. The van der Waals surface area contributed by atoms with E-state index in [4.69, 9.17) is 10.8 Å². The molecule has 4 aromatic rings. The molecular formula is C29H33N7O. The van der Waals surface area contributed by atoms with Crippen LogP contribution in [-0.2, 0) is 0 Å². The highest BCUT2D eigenvalue weighted by molar-refractivity contribution is 6.06. The third-order valence-corrected chi connectivity index (χ3v) is 6.42. The van der Waals surface area contributed by atoms with E-state index in [1.54, 1.807) is 35.4 Å². The molecule has 0 aliphatic rings. The van der Waals surface area contributed by atoms with E-state index >= 15 is 0 Å². The van der Waals surface area contributed by atoms with E-state index in [2.05, 4.69) is 46.7 Å². The maximum Gasteiger partial charge on any atom is 0.274 e. The summed E-state index contributed by atoms with van der Waals surface area (Å²) in [4.78, 5) is 23.6. The molecule has 1 unspecified atom stereocenters. The maximum absolute atomic E-state index is 13.1. The predicted molar refractivity (Wildman–Crippen MR) is 150 cm³/mol. The van der Waals surface area contributed by atoms with Crippen LogP contribution in [0, 0.1) is 10.8 Å². The smallest absolute Gasteiger partial charge is 0.274 e. The molecule has 0 aliphatic heterocycles. The third-order valence-electron chi connectivity index (χ3n) is 6.42. The van der Waals surface area contributed by atoms with Gasteiger partial charge in [0.1, 0.15) is 11.5 Å². The fourth-order valence-corrected chi connectivity index (χ4v) is 4.43. The minimum absolute atomic E-state index is 0.0392. The first-order valence-electron chi connectivity index (χ1n) is 12.5. The number of nitrogens with zero attached hydrogens (tertiary/aromatic N) is 4. The molecule has 1 atom stereocenters. The second-order valence-corrected chi connectivity index (χ2v) is 9.43. The van der Waals surface area contributed by atoms with Crippen LogP contribution >= 0.6 is 0 Å². The number of fused-ring (bicyclic) bond motifs is 1. The van der Waals surface area contributed by atoms with Gasteiger partial charge in [0, 0.05) is 47.5 Å². The van der Waals surface area contributed by atoms with Gasteiger partial charge in [0.25, 0.3) is 5.91 Å². The van der Waals surface area contributed by atoms with Crippen LogP contribution in [0.5, 0.6) is 0 Å². The highest BCUT2D eigenvalue weighted by atomic mass is 16.1. The number of aromatic nitrogens is 3. The lowest BCUT2D eigenvalue weighted by atomic mass is 10.1. The number of hydrogen-bond acceptors (Lipinski definition) is 5.